The molecule has 1 aliphatic rings. The van der Waals surface area contributed by atoms with Crippen LogP contribution < -0.4 is 14.8 Å². The first-order valence-corrected chi connectivity index (χ1v) is 13.6. The predicted octanol–water partition coefficient (Wildman–Crippen LogP) is 3.07. The number of hydrogen-bond donors (Lipinski definition) is 2. The molecule has 0 aliphatic carbocycles. The van der Waals surface area contributed by atoms with Gasteiger partial charge in [0, 0.05) is 19.1 Å². The van der Waals surface area contributed by atoms with Crippen molar-refractivity contribution < 1.29 is 26.4 Å². The highest BCUT2D eigenvalue weighted by atomic mass is 35.5. The lowest BCUT2D eigenvalue weighted by Crippen LogP contribution is -2.30. The van der Waals surface area contributed by atoms with Gasteiger partial charge in [0.25, 0.3) is 5.91 Å². The Hall–Kier alpha value is -2.18. The quantitative estimate of drug-likeness (QED) is 0.557. The van der Waals surface area contributed by atoms with Crippen LogP contribution in [0.5, 0.6) is 5.75 Å². The molecule has 0 aromatic heterocycles. The number of carbonyl (C=O) groups is 1. The van der Waals surface area contributed by atoms with E-state index in [2.05, 4.69) is 10.0 Å². The average Bonchev–Trinajstić information content (AvgIpc) is 3.28. The zero-order valence-electron chi connectivity index (χ0n) is 18.5. The second-order valence-electron chi connectivity index (χ2n) is 7.85. The van der Waals surface area contributed by atoms with Crippen molar-refractivity contribution in [3.63, 3.8) is 0 Å². The molecule has 0 bridgehead atoms. The van der Waals surface area contributed by atoms with E-state index in [-0.39, 0.29) is 37.9 Å². The summed E-state index contributed by atoms with van der Waals surface area (Å²) in [6.07, 6.45) is 1.57. The van der Waals surface area contributed by atoms with Crippen LogP contribution in [0.1, 0.15) is 37.0 Å². The lowest BCUT2D eigenvalue weighted by molar-refractivity contribution is 0.102. The van der Waals surface area contributed by atoms with E-state index in [0.29, 0.717) is 13.1 Å². The van der Waals surface area contributed by atoms with Crippen LogP contribution in [0.2, 0.25) is 5.02 Å². The molecule has 9 nitrogen and oxygen atoms in total. The normalized spacial score (nSPS) is 15.1. The number of nitrogens with zero attached hydrogens (tertiary/aromatic N) is 1. The average molecular weight is 516 g/mol. The summed E-state index contributed by atoms with van der Waals surface area (Å²) in [6, 6.07) is 7.64. The number of amides is 1. The van der Waals surface area contributed by atoms with Crippen LogP contribution in [0.3, 0.4) is 0 Å². The van der Waals surface area contributed by atoms with Gasteiger partial charge in [-0.15, -0.1) is 0 Å². The molecule has 1 fully saturated rings. The molecule has 2 aromatic carbocycles. The van der Waals surface area contributed by atoms with Crippen molar-refractivity contribution >= 4 is 43.2 Å². The number of anilines is 1. The fourth-order valence-electron chi connectivity index (χ4n) is 3.44. The number of rotatable bonds is 8. The van der Waals surface area contributed by atoms with E-state index in [1.54, 1.807) is 13.8 Å². The minimum absolute atomic E-state index is 0.0385. The molecular formula is C21H26ClN3O6S2. The monoisotopic (exact) mass is 515 g/mol. The summed E-state index contributed by atoms with van der Waals surface area (Å²) in [7, 11) is -6.19. The number of hydrogen-bond acceptors (Lipinski definition) is 6. The summed E-state index contributed by atoms with van der Waals surface area (Å²) in [5.41, 5.74) is 0.0329. The molecule has 0 unspecified atom stereocenters. The first kappa shape index (κ1) is 25.4. The van der Waals surface area contributed by atoms with E-state index in [4.69, 9.17) is 16.3 Å². The third-order valence-electron chi connectivity index (χ3n) is 5.01. The van der Waals surface area contributed by atoms with Gasteiger partial charge in [0.15, 0.2) is 0 Å². The topological polar surface area (TPSA) is 122 Å². The Morgan fingerprint density at radius 3 is 2.27 bits per heavy atom. The van der Waals surface area contributed by atoms with Crippen molar-refractivity contribution in [2.24, 2.45) is 0 Å². The highest BCUT2D eigenvalue weighted by Gasteiger charge is 2.28. The Labute approximate surface area is 199 Å². The molecule has 2 aromatic rings. The SMILES string of the molecule is COc1ccc(S(=O)(=O)NC(C)C)cc1NC(=O)c1cc(S(=O)(=O)N2CCCC2)ccc1Cl. The number of methoxy groups -OCH3 is 1. The molecule has 0 radical (unpaired) electrons. The first-order valence-electron chi connectivity index (χ1n) is 10.3. The molecule has 1 aliphatic heterocycles. The van der Waals surface area contributed by atoms with Gasteiger partial charge in [0.1, 0.15) is 5.75 Å². The Balaban J connectivity index is 1.95. The van der Waals surface area contributed by atoms with Crippen molar-refractivity contribution in [1.82, 2.24) is 9.03 Å². The van der Waals surface area contributed by atoms with Crippen molar-refractivity contribution in [2.75, 3.05) is 25.5 Å². The molecule has 1 amide bonds. The highest BCUT2D eigenvalue weighted by Crippen LogP contribution is 2.30. The number of ether oxygens (including phenoxy) is 1. The molecule has 3 rings (SSSR count). The van der Waals surface area contributed by atoms with Gasteiger partial charge in [-0.2, -0.15) is 4.31 Å². The van der Waals surface area contributed by atoms with Crippen molar-refractivity contribution in [1.29, 1.82) is 0 Å². The fourth-order valence-corrected chi connectivity index (χ4v) is 6.46. The van der Waals surface area contributed by atoms with Gasteiger partial charge in [-0.05, 0) is 63.1 Å². The summed E-state index contributed by atoms with van der Waals surface area (Å²) >= 11 is 6.20. The molecule has 33 heavy (non-hydrogen) atoms. The minimum Gasteiger partial charge on any atom is -0.495 e. The van der Waals surface area contributed by atoms with Gasteiger partial charge in [0.2, 0.25) is 20.0 Å². The maximum Gasteiger partial charge on any atom is 0.257 e. The largest absolute Gasteiger partial charge is 0.495 e. The Morgan fingerprint density at radius 2 is 1.67 bits per heavy atom. The Morgan fingerprint density at radius 1 is 1.03 bits per heavy atom. The van der Waals surface area contributed by atoms with E-state index >= 15 is 0 Å². The zero-order chi connectivity index (χ0) is 24.4. The van der Waals surface area contributed by atoms with Crippen LogP contribution in [0.25, 0.3) is 0 Å². The lowest BCUT2D eigenvalue weighted by atomic mass is 10.2. The second-order valence-corrected chi connectivity index (χ2v) is 11.9. The van der Waals surface area contributed by atoms with E-state index in [1.165, 1.54) is 47.8 Å². The van der Waals surface area contributed by atoms with E-state index in [9.17, 15) is 21.6 Å². The van der Waals surface area contributed by atoms with E-state index < -0.39 is 26.0 Å². The zero-order valence-corrected chi connectivity index (χ0v) is 20.8. The molecule has 0 spiro atoms. The standard InChI is InChI=1S/C21H26ClN3O6S2/c1-14(2)24-32(27,28)15-7-9-20(31-3)19(13-15)23-21(26)17-12-16(6-8-18(17)22)33(29,30)25-10-4-5-11-25/h6-9,12-14,24H,4-5,10-11H2,1-3H3,(H,23,26). The van der Waals surface area contributed by atoms with Gasteiger partial charge < -0.3 is 10.1 Å². The van der Waals surface area contributed by atoms with Crippen molar-refractivity contribution in [3.8, 4) is 5.75 Å². The number of carbonyl (C=O) groups excluding carboxylic acids is 1. The molecule has 1 saturated heterocycles. The molecule has 0 atom stereocenters. The summed E-state index contributed by atoms with van der Waals surface area (Å²) in [5.74, 6) is -0.480. The third kappa shape index (κ3) is 5.67. The van der Waals surface area contributed by atoms with Gasteiger partial charge >= 0.3 is 0 Å². The molecule has 1 heterocycles. The van der Waals surface area contributed by atoms with Gasteiger partial charge in [-0.25, -0.2) is 21.6 Å². The molecular weight excluding hydrogens is 490 g/mol. The van der Waals surface area contributed by atoms with Gasteiger partial charge in [-0.3, -0.25) is 4.79 Å². The number of sulfonamides is 2. The molecule has 0 saturated carbocycles. The summed E-state index contributed by atoms with van der Waals surface area (Å²) in [4.78, 5) is 12.9. The van der Waals surface area contributed by atoms with E-state index in [1.807, 2.05) is 0 Å². The number of benzene rings is 2. The maximum absolute atomic E-state index is 13.0. The number of halogens is 1. The molecule has 12 heteroatoms. The van der Waals surface area contributed by atoms with E-state index in [0.717, 1.165) is 12.8 Å². The van der Waals surface area contributed by atoms with Crippen LogP contribution in [0.4, 0.5) is 5.69 Å². The van der Waals surface area contributed by atoms with Crippen molar-refractivity contribution in [3.05, 3.63) is 47.0 Å². The van der Waals surface area contributed by atoms with Gasteiger partial charge in [0.05, 0.1) is 33.2 Å². The first-order chi connectivity index (χ1) is 15.5. The summed E-state index contributed by atoms with van der Waals surface area (Å²) in [5, 5.41) is 2.64. The fraction of sp³-hybridized carbons (Fsp3) is 0.381. The van der Waals surface area contributed by atoms with Crippen LogP contribution in [0.15, 0.2) is 46.2 Å². The smallest absolute Gasteiger partial charge is 0.257 e. The third-order valence-corrected chi connectivity index (χ3v) is 8.89. The Bertz CT molecular complexity index is 1260. The maximum atomic E-state index is 13.0. The summed E-state index contributed by atoms with van der Waals surface area (Å²) < 4.78 is 59.9. The highest BCUT2D eigenvalue weighted by molar-refractivity contribution is 7.89. The summed E-state index contributed by atoms with van der Waals surface area (Å²) in [6.45, 7) is 4.23. The minimum atomic E-state index is -3.82. The molecule has 180 valence electrons. The predicted molar refractivity (Wildman–Crippen MR) is 126 cm³/mol. The lowest BCUT2D eigenvalue weighted by Gasteiger charge is -2.17. The van der Waals surface area contributed by atoms with Crippen LogP contribution in [-0.4, -0.2) is 53.3 Å². The van der Waals surface area contributed by atoms with Gasteiger partial charge in [-0.1, -0.05) is 11.6 Å². The molecule has 2 N–H and O–H groups in total. The second kappa shape index (κ2) is 9.98. The van der Waals surface area contributed by atoms with Crippen molar-refractivity contribution in [2.45, 2.75) is 42.5 Å². The van der Waals surface area contributed by atoms with Crippen LogP contribution in [0, 0.1) is 0 Å². The van der Waals surface area contributed by atoms with Crippen LogP contribution in [-0.2, 0) is 20.0 Å². The number of nitrogens with one attached hydrogen (secondary N) is 2. The Kier molecular flexibility index (Phi) is 7.69. The van der Waals surface area contributed by atoms with Crippen LogP contribution >= 0.6 is 11.6 Å².